The first kappa shape index (κ1) is 24.1. The zero-order valence-corrected chi connectivity index (χ0v) is 19.8. The number of carbonyl (C=O) groups excluding carboxylic acids is 2. The molecule has 0 radical (unpaired) electrons. The summed E-state index contributed by atoms with van der Waals surface area (Å²) in [5.41, 5.74) is 4.68. The third-order valence-electron chi connectivity index (χ3n) is 6.32. The highest BCUT2D eigenvalue weighted by Crippen LogP contribution is 2.44. The van der Waals surface area contributed by atoms with E-state index in [9.17, 15) is 19.5 Å². The van der Waals surface area contributed by atoms with Gasteiger partial charge < -0.3 is 24.8 Å². The molecule has 2 amide bonds. The van der Waals surface area contributed by atoms with Gasteiger partial charge in [0, 0.05) is 38.4 Å². The number of thioether (sulfide) groups is 1. The van der Waals surface area contributed by atoms with Crippen molar-refractivity contribution in [2.45, 2.75) is 12.0 Å². The van der Waals surface area contributed by atoms with Gasteiger partial charge in [-0.1, -0.05) is 48.5 Å². The zero-order valence-electron chi connectivity index (χ0n) is 18.9. The number of nitrogens with zero attached hydrogens (tertiary/aromatic N) is 1. The fraction of sp³-hybridized carbons (Fsp3) is 0.400. The van der Waals surface area contributed by atoms with E-state index in [0.29, 0.717) is 12.3 Å². The summed E-state index contributed by atoms with van der Waals surface area (Å²) in [6.07, 6.45) is -0.970. The van der Waals surface area contributed by atoms with Crippen molar-refractivity contribution in [2.75, 3.05) is 44.9 Å². The van der Waals surface area contributed by atoms with Crippen LogP contribution in [0.5, 0.6) is 0 Å². The molecule has 1 aliphatic carbocycles. The molecule has 2 N–H and O–H groups in total. The maximum atomic E-state index is 12.4. The van der Waals surface area contributed by atoms with Crippen molar-refractivity contribution in [3.05, 3.63) is 59.7 Å². The minimum atomic E-state index is -0.956. The largest absolute Gasteiger partial charge is 0.481 e. The van der Waals surface area contributed by atoms with Gasteiger partial charge in [0.05, 0.1) is 11.9 Å². The summed E-state index contributed by atoms with van der Waals surface area (Å²) < 4.78 is 10.7. The van der Waals surface area contributed by atoms with Crippen LogP contribution in [0.1, 0.15) is 17.0 Å². The fourth-order valence-electron chi connectivity index (χ4n) is 4.58. The number of nitrogens with one attached hydrogen (secondary N) is 1. The Morgan fingerprint density at radius 3 is 2.29 bits per heavy atom. The van der Waals surface area contributed by atoms with Crippen molar-refractivity contribution in [1.29, 1.82) is 0 Å². The number of benzene rings is 2. The minimum absolute atomic E-state index is 0.0103. The highest BCUT2D eigenvalue weighted by molar-refractivity contribution is 7.99. The molecule has 1 heterocycles. The van der Waals surface area contributed by atoms with Crippen LogP contribution in [0.4, 0.5) is 4.79 Å². The molecule has 1 saturated heterocycles. The van der Waals surface area contributed by atoms with Crippen molar-refractivity contribution in [1.82, 2.24) is 10.2 Å². The molecule has 1 aliphatic heterocycles. The van der Waals surface area contributed by atoms with Gasteiger partial charge in [-0.3, -0.25) is 9.59 Å². The van der Waals surface area contributed by atoms with E-state index in [-0.39, 0.29) is 37.3 Å². The van der Waals surface area contributed by atoms with E-state index in [2.05, 4.69) is 29.6 Å². The Morgan fingerprint density at radius 1 is 1.06 bits per heavy atom. The third-order valence-corrected chi connectivity index (χ3v) is 7.27. The third kappa shape index (κ3) is 5.20. The molecule has 2 aliphatic rings. The predicted octanol–water partition coefficient (Wildman–Crippen LogP) is 2.82. The second kappa shape index (κ2) is 10.9. The van der Waals surface area contributed by atoms with Crippen molar-refractivity contribution in [3.63, 3.8) is 0 Å². The molecular formula is C25H28N2O6S. The zero-order chi connectivity index (χ0) is 24.1. The van der Waals surface area contributed by atoms with Crippen LogP contribution < -0.4 is 5.32 Å². The van der Waals surface area contributed by atoms with Crippen LogP contribution in [0.2, 0.25) is 0 Å². The van der Waals surface area contributed by atoms with Crippen molar-refractivity contribution in [2.24, 2.45) is 5.92 Å². The number of likely N-dealkylation sites (tertiary alicyclic amines) is 1. The lowest BCUT2D eigenvalue weighted by molar-refractivity contribution is -0.144. The summed E-state index contributed by atoms with van der Waals surface area (Å²) in [6.45, 7) is 1.06. The van der Waals surface area contributed by atoms with Crippen LogP contribution in [0, 0.1) is 5.92 Å². The van der Waals surface area contributed by atoms with Gasteiger partial charge in [0.1, 0.15) is 12.5 Å². The number of alkyl carbamates (subject to hydrolysis) is 1. The van der Waals surface area contributed by atoms with Crippen molar-refractivity contribution < 1.29 is 29.0 Å². The standard InChI is InChI=1S/C25H28N2O6S/c1-32-22-13-27(12-20(22)24(29)30)23(28)15-34-11-10-26-25(31)33-14-21-18-8-4-2-6-16(18)17-7-3-5-9-19(17)21/h2-9,20-22H,10-15H2,1H3,(H,26,31)(H,29,30). The van der Waals surface area contributed by atoms with Gasteiger partial charge in [0.25, 0.3) is 0 Å². The summed E-state index contributed by atoms with van der Waals surface area (Å²) in [4.78, 5) is 37.4. The van der Waals surface area contributed by atoms with Crippen LogP contribution in [-0.2, 0) is 19.1 Å². The van der Waals surface area contributed by atoms with Crippen molar-refractivity contribution >= 4 is 29.7 Å². The van der Waals surface area contributed by atoms with E-state index in [4.69, 9.17) is 9.47 Å². The molecule has 2 aromatic carbocycles. The number of methoxy groups -OCH3 is 1. The Morgan fingerprint density at radius 2 is 1.71 bits per heavy atom. The quantitative estimate of drug-likeness (QED) is 0.528. The first-order valence-electron chi connectivity index (χ1n) is 11.2. The van der Waals surface area contributed by atoms with Gasteiger partial charge in [-0.15, -0.1) is 0 Å². The minimum Gasteiger partial charge on any atom is -0.481 e. The van der Waals surface area contributed by atoms with Crippen LogP contribution in [0.25, 0.3) is 11.1 Å². The van der Waals surface area contributed by atoms with E-state index >= 15 is 0 Å². The molecule has 34 heavy (non-hydrogen) atoms. The first-order valence-corrected chi connectivity index (χ1v) is 12.3. The Bertz CT molecular complexity index is 1020. The average molecular weight is 485 g/mol. The Hall–Kier alpha value is -3.04. The molecule has 0 spiro atoms. The lowest BCUT2D eigenvalue weighted by Gasteiger charge is -2.16. The van der Waals surface area contributed by atoms with E-state index in [1.54, 1.807) is 0 Å². The monoisotopic (exact) mass is 484 g/mol. The van der Waals surface area contributed by atoms with E-state index in [0.717, 1.165) is 11.1 Å². The lowest BCUT2D eigenvalue weighted by atomic mass is 9.98. The average Bonchev–Trinajstić information content (AvgIpc) is 3.42. The van der Waals surface area contributed by atoms with Crippen LogP contribution in [0.15, 0.2) is 48.5 Å². The Kier molecular flexibility index (Phi) is 7.74. The number of carboxylic acids is 1. The predicted molar refractivity (Wildman–Crippen MR) is 129 cm³/mol. The van der Waals surface area contributed by atoms with Gasteiger partial charge in [-0.2, -0.15) is 11.8 Å². The van der Waals surface area contributed by atoms with Crippen LogP contribution >= 0.6 is 11.8 Å². The molecule has 8 nitrogen and oxygen atoms in total. The van der Waals surface area contributed by atoms with Crippen LogP contribution in [0.3, 0.4) is 0 Å². The molecule has 2 aromatic rings. The molecule has 2 atom stereocenters. The normalized spacial score (nSPS) is 18.9. The molecule has 9 heteroatoms. The van der Waals surface area contributed by atoms with E-state index in [1.165, 1.54) is 34.9 Å². The number of amides is 2. The lowest BCUT2D eigenvalue weighted by Crippen LogP contribution is -2.32. The molecule has 0 saturated carbocycles. The van der Waals surface area contributed by atoms with Gasteiger partial charge in [0.15, 0.2) is 0 Å². The molecule has 0 aromatic heterocycles. The van der Waals surface area contributed by atoms with Crippen LogP contribution in [-0.4, -0.2) is 78.9 Å². The number of hydrogen-bond acceptors (Lipinski definition) is 6. The molecular weight excluding hydrogens is 456 g/mol. The summed E-state index contributed by atoms with van der Waals surface area (Å²) in [5.74, 6) is -1.01. The van der Waals surface area contributed by atoms with Crippen molar-refractivity contribution in [3.8, 4) is 11.1 Å². The molecule has 180 valence electrons. The second-order valence-electron chi connectivity index (χ2n) is 8.32. The number of aliphatic carboxylic acids is 1. The number of ether oxygens (including phenoxy) is 2. The number of fused-ring (bicyclic) bond motifs is 3. The number of rotatable bonds is 9. The van der Waals surface area contributed by atoms with Gasteiger partial charge in [-0.25, -0.2) is 4.79 Å². The summed E-state index contributed by atoms with van der Waals surface area (Å²) in [7, 11) is 1.46. The SMILES string of the molecule is COC1CN(C(=O)CSCCNC(=O)OCC2c3ccccc3-c3ccccc32)CC1C(=O)O. The summed E-state index contributed by atoms with van der Waals surface area (Å²) in [5, 5.41) is 12.0. The van der Waals surface area contributed by atoms with E-state index < -0.39 is 24.1 Å². The smallest absolute Gasteiger partial charge is 0.407 e. The van der Waals surface area contributed by atoms with E-state index in [1.807, 2.05) is 24.3 Å². The van der Waals surface area contributed by atoms with Gasteiger partial charge in [0.2, 0.25) is 5.91 Å². The molecule has 1 fully saturated rings. The Labute approximate surface area is 202 Å². The van der Waals surface area contributed by atoms with Gasteiger partial charge >= 0.3 is 12.1 Å². The topological polar surface area (TPSA) is 105 Å². The second-order valence-corrected chi connectivity index (χ2v) is 9.43. The molecule has 0 bridgehead atoms. The Balaban J connectivity index is 1.17. The molecule has 2 unspecified atom stereocenters. The maximum Gasteiger partial charge on any atom is 0.407 e. The first-order chi connectivity index (χ1) is 16.5. The highest BCUT2D eigenvalue weighted by atomic mass is 32.2. The summed E-state index contributed by atoms with van der Waals surface area (Å²) in [6, 6.07) is 16.3. The number of carboxylic acid groups (broad SMARTS) is 1. The number of carbonyl (C=O) groups is 3. The highest BCUT2D eigenvalue weighted by Gasteiger charge is 2.39. The fourth-order valence-corrected chi connectivity index (χ4v) is 5.33. The number of hydrogen-bond donors (Lipinski definition) is 2. The van der Waals surface area contributed by atoms with Gasteiger partial charge in [-0.05, 0) is 22.3 Å². The summed E-state index contributed by atoms with van der Waals surface area (Å²) >= 11 is 1.38. The molecule has 4 rings (SSSR count). The maximum absolute atomic E-state index is 12.4.